The largest absolute Gasteiger partial charge is 0.497 e. The van der Waals surface area contributed by atoms with E-state index in [0.29, 0.717) is 37.8 Å². The summed E-state index contributed by atoms with van der Waals surface area (Å²) in [7, 11) is 3.02. The molecule has 3 aromatic carbocycles. The molecular formula is C27H24IN3O5. The lowest BCUT2D eigenvalue weighted by molar-refractivity contribution is -0.118. The van der Waals surface area contributed by atoms with Gasteiger partial charge in [0.1, 0.15) is 17.4 Å². The third kappa shape index (κ3) is 7.23. The summed E-state index contributed by atoms with van der Waals surface area (Å²) >= 11 is 2.05. The lowest BCUT2D eigenvalue weighted by atomic mass is 10.1. The van der Waals surface area contributed by atoms with Gasteiger partial charge in [-0.3, -0.25) is 9.59 Å². The predicted octanol–water partition coefficient (Wildman–Crippen LogP) is 5.18. The fraction of sp³-hybridized carbons (Fsp3) is 0.148. The van der Waals surface area contributed by atoms with Gasteiger partial charge in [0.25, 0.3) is 11.8 Å². The second kappa shape index (κ2) is 12.6. The predicted molar refractivity (Wildman–Crippen MR) is 146 cm³/mol. The molecule has 0 atom stereocenters. The summed E-state index contributed by atoms with van der Waals surface area (Å²) in [6.45, 7) is 1.72. The number of carbonyl (C=O) groups excluding carboxylic acids is 2. The van der Waals surface area contributed by atoms with Crippen molar-refractivity contribution in [3.8, 4) is 23.3 Å². The normalized spacial score (nSPS) is 10.7. The van der Waals surface area contributed by atoms with Crippen molar-refractivity contribution in [2.24, 2.45) is 0 Å². The maximum Gasteiger partial charge on any atom is 0.266 e. The van der Waals surface area contributed by atoms with Crippen LogP contribution in [-0.4, -0.2) is 32.6 Å². The third-order valence-electron chi connectivity index (χ3n) is 4.93. The number of anilines is 2. The van der Waals surface area contributed by atoms with Crippen molar-refractivity contribution in [2.45, 2.75) is 6.92 Å². The number of methoxy groups -OCH3 is 2. The number of nitrogens with one attached hydrogen (secondary N) is 2. The summed E-state index contributed by atoms with van der Waals surface area (Å²) in [4.78, 5) is 25.0. The number of ether oxygens (including phenoxy) is 3. The molecule has 0 aromatic heterocycles. The molecule has 2 N–H and O–H groups in total. The fourth-order valence-corrected chi connectivity index (χ4v) is 3.99. The van der Waals surface area contributed by atoms with Crippen LogP contribution in [0.3, 0.4) is 0 Å². The number of halogens is 1. The highest BCUT2D eigenvalue weighted by Gasteiger charge is 2.15. The summed E-state index contributed by atoms with van der Waals surface area (Å²) in [5.74, 6) is 0.537. The quantitative estimate of drug-likeness (QED) is 0.200. The Morgan fingerprint density at radius 1 is 1.00 bits per heavy atom. The van der Waals surface area contributed by atoms with Crippen LogP contribution >= 0.6 is 22.6 Å². The van der Waals surface area contributed by atoms with Gasteiger partial charge in [-0.15, -0.1) is 0 Å². The van der Waals surface area contributed by atoms with E-state index in [1.54, 1.807) is 49.6 Å². The Balaban J connectivity index is 1.72. The molecule has 0 aliphatic heterocycles. The van der Waals surface area contributed by atoms with E-state index in [2.05, 4.69) is 10.6 Å². The van der Waals surface area contributed by atoms with Gasteiger partial charge < -0.3 is 24.8 Å². The molecular weight excluding hydrogens is 573 g/mol. The Morgan fingerprint density at radius 2 is 1.75 bits per heavy atom. The highest BCUT2D eigenvalue weighted by molar-refractivity contribution is 14.1. The number of hydrogen-bond acceptors (Lipinski definition) is 6. The zero-order valence-corrected chi connectivity index (χ0v) is 22.1. The summed E-state index contributed by atoms with van der Waals surface area (Å²) in [6, 6.07) is 19.5. The van der Waals surface area contributed by atoms with Gasteiger partial charge in [0, 0.05) is 11.4 Å². The minimum atomic E-state index is -0.551. The second-order valence-corrected chi connectivity index (χ2v) is 8.76. The number of amides is 2. The van der Waals surface area contributed by atoms with Crippen LogP contribution in [0.1, 0.15) is 11.1 Å². The molecule has 0 radical (unpaired) electrons. The fourth-order valence-electron chi connectivity index (χ4n) is 3.21. The third-order valence-corrected chi connectivity index (χ3v) is 5.73. The average molecular weight is 597 g/mol. The second-order valence-electron chi connectivity index (χ2n) is 7.59. The van der Waals surface area contributed by atoms with Crippen molar-refractivity contribution in [3.05, 3.63) is 80.9 Å². The van der Waals surface area contributed by atoms with Crippen LogP contribution in [0, 0.1) is 21.8 Å². The van der Waals surface area contributed by atoms with Gasteiger partial charge in [-0.25, -0.2) is 0 Å². The highest BCUT2D eigenvalue weighted by Crippen LogP contribution is 2.34. The minimum Gasteiger partial charge on any atom is -0.497 e. The molecule has 0 saturated carbocycles. The van der Waals surface area contributed by atoms with E-state index in [0.717, 1.165) is 5.56 Å². The SMILES string of the molecule is COc1ccc(NC(=O)/C(C#N)=C/c2cc(I)c(OCC(=O)Nc3cccc(C)c3)c(OC)c2)cc1. The molecule has 0 heterocycles. The Kier molecular flexibility index (Phi) is 9.30. The van der Waals surface area contributed by atoms with E-state index in [1.807, 2.05) is 53.8 Å². The first-order chi connectivity index (χ1) is 17.3. The van der Waals surface area contributed by atoms with Gasteiger partial charge in [-0.1, -0.05) is 12.1 Å². The van der Waals surface area contributed by atoms with Crippen molar-refractivity contribution >= 4 is 51.9 Å². The van der Waals surface area contributed by atoms with E-state index in [4.69, 9.17) is 14.2 Å². The van der Waals surface area contributed by atoms with Crippen molar-refractivity contribution in [2.75, 3.05) is 31.5 Å². The maximum atomic E-state index is 12.6. The molecule has 9 heteroatoms. The first-order valence-electron chi connectivity index (χ1n) is 10.8. The van der Waals surface area contributed by atoms with Crippen molar-refractivity contribution < 1.29 is 23.8 Å². The monoisotopic (exact) mass is 597 g/mol. The topological polar surface area (TPSA) is 110 Å². The van der Waals surface area contributed by atoms with Crippen LogP contribution < -0.4 is 24.8 Å². The van der Waals surface area contributed by atoms with Crippen LogP contribution in [0.5, 0.6) is 17.2 Å². The highest BCUT2D eigenvalue weighted by atomic mass is 127. The minimum absolute atomic E-state index is 0.0881. The van der Waals surface area contributed by atoms with E-state index in [9.17, 15) is 14.9 Å². The van der Waals surface area contributed by atoms with Gasteiger partial charge in [0.05, 0.1) is 17.8 Å². The van der Waals surface area contributed by atoms with Gasteiger partial charge in [0.15, 0.2) is 18.1 Å². The zero-order valence-electron chi connectivity index (χ0n) is 19.9. The molecule has 184 valence electrons. The molecule has 0 saturated heterocycles. The molecule has 0 aliphatic rings. The standard InChI is InChI=1S/C27H24IN3O5/c1-17-5-4-6-21(11-17)30-25(32)16-36-26-23(28)13-18(14-24(26)35-3)12-19(15-29)27(33)31-20-7-9-22(34-2)10-8-20/h4-14H,16H2,1-3H3,(H,30,32)(H,31,33)/b19-12+. The summed E-state index contributed by atoms with van der Waals surface area (Å²) in [6.07, 6.45) is 1.46. The summed E-state index contributed by atoms with van der Waals surface area (Å²) in [5.41, 5.74) is 2.72. The molecule has 0 unspecified atom stereocenters. The Morgan fingerprint density at radius 3 is 2.39 bits per heavy atom. The first kappa shape index (κ1) is 26.6. The Labute approximate surface area is 223 Å². The summed E-state index contributed by atoms with van der Waals surface area (Å²) in [5, 5.41) is 15.0. The van der Waals surface area contributed by atoms with Crippen molar-refractivity contribution in [1.82, 2.24) is 0 Å². The lowest BCUT2D eigenvalue weighted by Crippen LogP contribution is -2.20. The molecule has 0 aliphatic carbocycles. The zero-order chi connectivity index (χ0) is 26.1. The van der Waals surface area contributed by atoms with E-state index >= 15 is 0 Å². The Hall–Kier alpha value is -4.04. The number of rotatable bonds is 9. The summed E-state index contributed by atoms with van der Waals surface area (Å²) < 4.78 is 16.9. The van der Waals surface area contributed by atoms with Gasteiger partial charge in [-0.2, -0.15) is 5.26 Å². The van der Waals surface area contributed by atoms with Crippen LogP contribution in [0.2, 0.25) is 0 Å². The molecule has 0 fully saturated rings. The van der Waals surface area contributed by atoms with E-state index in [-0.39, 0.29) is 18.1 Å². The Bertz CT molecular complexity index is 1330. The average Bonchev–Trinajstić information content (AvgIpc) is 2.86. The number of benzene rings is 3. The number of hydrogen-bond donors (Lipinski definition) is 2. The molecule has 8 nitrogen and oxygen atoms in total. The number of nitriles is 1. The lowest BCUT2D eigenvalue weighted by Gasteiger charge is -2.14. The van der Waals surface area contributed by atoms with Gasteiger partial charge >= 0.3 is 0 Å². The van der Waals surface area contributed by atoms with Gasteiger partial charge in [0.2, 0.25) is 0 Å². The molecule has 0 bridgehead atoms. The number of nitrogens with zero attached hydrogens (tertiary/aromatic N) is 1. The first-order valence-corrected chi connectivity index (χ1v) is 11.8. The van der Waals surface area contributed by atoms with Crippen LogP contribution in [-0.2, 0) is 9.59 Å². The van der Waals surface area contributed by atoms with Gasteiger partial charge in [-0.05, 0) is 95.2 Å². The number of carbonyl (C=O) groups is 2. The molecule has 0 spiro atoms. The molecule has 3 rings (SSSR count). The smallest absolute Gasteiger partial charge is 0.266 e. The van der Waals surface area contributed by atoms with Crippen LogP contribution in [0.4, 0.5) is 11.4 Å². The molecule has 3 aromatic rings. The van der Waals surface area contributed by atoms with Crippen LogP contribution in [0.15, 0.2) is 66.2 Å². The van der Waals surface area contributed by atoms with E-state index in [1.165, 1.54) is 13.2 Å². The maximum absolute atomic E-state index is 12.6. The van der Waals surface area contributed by atoms with Crippen LogP contribution in [0.25, 0.3) is 6.08 Å². The van der Waals surface area contributed by atoms with Crippen molar-refractivity contribution in [1.29, 1.82) is 5.26 Å². The molecule has 36 heavy (non-hydrogen) atoms. The number of aryl methyl sites for hydroxylation is 1. The molecule has 2 amide bonds. The van der Waals surface area contributed by atoms with E-state index < -0.39 is 5.91 Å². The van der Waals surface area contributed by atoms with Crippen molar-refractivity contribution in [3.63, 3.8) is 0 Å².